The molecule has 0 saturated carbocycles. The number of amides is 1. The highest BCUT2D eigenvalue weighted by atomic mass is 19.1. The number of aromatic nitrogens is 1. The molecule has 3 aromatic rings. The van der Waals surface area contributed by atoms with Gasteiger partial charge in [-0.05, 0) is 61.9 Å². The van der Waals surface area contributed by atoms with Crippen molar-refractivity contribution in [3.8, 4) is 5.75 Å². The summed E-state index contributed by atoms with van der Waals surface area (Å²) in [4.78, 5) is 15.6. The van der Waals surface area contributed by atoms with E-state index >= 15 is 0 Å². The second kappa shape index (κ2) is 10.6. The number of methoxy groups -OCH3 is 1. The predicted molar refractivity (Wildman–Crippen MR) is 132 cm³/mol. The summed E-state index contributed by atoms with van der Waals surface area (Å²) in [5.41, 5.74) is 8.97. The van der Waals surface area contributed by atoms with Crippen molar-refractivity contribution in [3.63, 3.8) is 0 Å². The number of ether oxygens (including phenoxy) is 2. The molecule has 1 saturated heterocycles. The first-order valence-corrected chi connectivity index (χ1v) is 12.0. The van der Waals surface area contributed by atoms with E-state index < -0.39 is 0 Å². The van der Waals surface area contributed by atoms with Gasteiger partial charge in [-0.3, -0.25) is 4.79 Å². The number of carbonyl (C=O) groups is 1. The van der Waals surface area contributed by atoms with Gasteiger partial charge in [0.05, 0.1) is 29.2 Å². The molecule has 182 valence electrons. The average molecular weight is 468 g/mol. The Morgan fingerprint density at radius 2 is 1.97 bits per heavy atom. The molecule has 2 N–H and O–H groups in total. The third kappa shape index (κ3) is 4.95. The molecule has 0 bridgehead atoms. The molecule has 1 fully saturated rings. The Bertz CT molecular complexity index is 1150. The highest BCUT2D eigenvalue weighted by Crippen LogP contribution is 2.35. The number of halogens is 1. The second-order valence-corrected chi connectivity index (χ2v) is 9.17. The standard InChI is InChI=1S/C27H34FN3O3/c1-18(2)34-25-6-4-5-24-26(25)22(17-31(24)13-14-33-3)27(32)30-11-9-20(10-12-30)21-15-19(16-29)7-8-23(21)28/h4-8,15,17-18,20H,9-14,16,29H2,1-3H3. The van der Waals surface area contributed by atoms with Gasteiger partial charge in [-0.2, -0.15) is 0 Å². The fourth-order valence-electron chi connectivity index (χ4n) is 4.81. The Balaban J connectivity index is 1.59. The second-order valence-electron chi connectivity index (χ2n) is 9.17. The number of hydrogen-bond donors (Lipinski definition) is 1. The van der Waals surface area contributed by atoms with Gasteiger partial charge in [-0.1, -0.05) is 18.2 Å². The lowest BCUT2D eigenvalue weighted by Gasteiger charge is -2.32. The molecule has 1 aliphatic heterocycles. The zero-order valence-corrected chi connectivity index (χ0v) is 20.2. The van der Waals surface area contributed by atoms with Gasteiger partial charge in [0.15, 0.2) is 0 Å². The van der Waals surface area contributed by atoms with E-state index in [1.807, 2.05) is 49.2 Å². The normalized spacial score (nSPS) is 14.8. The lowest BCUT2D eigenvalue weighted by atomic mass is 9.88. The van der Waals surface area contributed by atoms with Crippen LogP contribution in [0.15, 0.2) is 42.6 Å². The topological polar surface area (TPSA) is 69.7 Å². The van der Waals surface area contributed by atoms with E-state index in [2.05, 4.69) is 4.57 Å². The van der Waals surface area contributed by atoms with Crippen LogP contribution < -0.4 is 10.5 Å². The van der Waals surface area contributed by atoms with Gasteiger partial charge in [0.1, 0.15) is 11.6 Å². The zero-order chi connectivity index (χ0) is 24.2. The van der Waals surface area contributed by atoms with E-state index in [9.17, 15) is 9.18 Å². The molecule has 4 rings (SSSR count). The lowest BCUT2D eigenvalue weighted by Crippen LogP contribution is -2.38. The summed E-state index contributed by atoms with van der Waals surface area (Å²) in [5, 5.41) is 0.834. The highest BCUT2D eigenvalue weighted by Gasteiger charge is 2.29. The van der Waals surface area contributed by atoms with E-state index in [4.69, 9.17) is 15.2 Å². The molecule has 2 heterocycles. The molecule has 6 nitrogen and oxygen atoms in total. The van der Waals surface area contributed by atoms with Crippen molar-refractivity contribution in [2.24, 2.45) is 5.73 Å². The number of hydrogen-bond acceptors (Lipinski definition) is 4. The summed E-state index contributed by atoms with van der Waals surface area (Å²) in [7, 11) is 1.67. The molecule has 0 atom stereocenters. The number of benzene rings is 2. The molecule has 34 heavy (non-hydrogen) atoms. The predicted octanol–water partition coefficient (Wildman–Crippen LogP) is 4.69. The third-order valence-corrected chi connectivity index (χ3v) is 6.52. The number of carbonyl (C=O) groups excluding carboxylic acids is 1. The Hall–Kier alpha value is -2.90. The first kappa shape index (κ1) is 24.2. The minimum atomic E-state index is -0.196. The molecule has 0 aliphatic carbocycles. The number of fused-ring (bicyclic) bond motifs is 1. The van der Waals surface area contributed by atoms with Gasteiger partial charge < -0.3 is 24.7 Å². The number of piperidine rings is 1. The van der Waals surface area contributed by atoms with Crippen LogP contribution in [-0.4, -0.2) is 48.3 Å². The minimum absolute atomic E-state index is 0.00852. The summed E-state index contributed by atoms with van der Waals surface area (Å²) in [6.07, 6.45) is 3.34. The van der Waals surface area contributed by atoms with E-state index in [-0.39, 0.29) is 23.7 Å². The zero-order valence-electron chi connectivity index (χ0n) is 20.2. The Labute approximate surface area is 200 Å². The van der Waals surface area contributed by atoms with Gasteiger partial charge >= 0.3 is 0 Å². The van der Waals surface area contributed by atoms with Crippen LogP contribution in [0.3, 0.4) is 0 Å². The molecule has 2 aromatic carbocycles. The largest absolute Gasteiger partial charge is 0.490 e. The van der Waals surface area contributed by atoms with Crippen LogP contribution in [0.5, 0.6) is 5.75 Å². The maximum absolute atomic E-state index is 14.5. The van der Waals surface area contributed by atoms with Crippen LogP contribution in [0.2, 0.25) is 0 Å². The first-order chi connectivity index (χ1) is 16.4. The van der Waals surface area contributed by atoms with Gasteiger partial charge in [-0.15, -0.1) is 0 Å². The smallest absolute Gasteiger partial charge is 0.256 e. The molecule has 0 unspecified atom stereocenters. The van der Waals surface area contributed by atoms with Gasteiger partial charge in [-0.25, -0.2) is 4.39 Å². The summed E-state index contributed by atoms with van der Waals surface area (Å²) in [6.45, 7) is 6.69. The monoisotopic (exact) mass is 467 g/mol. The molecule has 1 amide bonds. The fourth-order valence-corrected chi connectivity index (χ4v) is 4.81. The van der Waals surface area contributed by atoms with Crippen LogP contribution in [0.1, 0.15) is 54.1 Å². The molecular formula is C27H34FN3O3. The summed E-state index contributed by atoms with van der Waals surface area (Å²) in [5.74, 6) is 0.579. The number of nitrogens with zero attached hydrogens (tertiary/aromatic N) is 2. The first-order valence-electron chi connectivity index (χ1n) is 12.0. The van der Waals surface area contributed by atoms with Crippen molar-refractivity contribution in [3.05, 3.63) is 65.1 Å². The van der Waals surface area contributed by atoms with Crippen LogP contribution >= 0.6 is 0 Å². The third-order valence-electron chi connectivity index (χ3n) is 6.52. The van der Waals surface area contributed by atoms with E-state index in [1.165, 1.54) is 6.07 Å². The summed E-state index contributed by atoms with van der Waals surface area (Å²) in [6, 6.07) is 11.0. The highest BCUT2D eigenvalue weighted by molar-refractivity contribution is 6.09. The minimum Gasteiger partial charge on any atom is -0.490 e. The molecule has 7 heteroatoms. The van der Waals surface area contributed by atoms with Crippen molar-refractivity contribution >= 4 is 16.8 Å². The molecule has 1 aromatic heterocycles. The maximum atomic E-state index is 14.5. The van der Waals surface area contributed by atoms with Gasteiger partial charge in [0.2, 0.25) is 0 Å². The van der Waals surface area contributed by atoms with Crippen molar-refractivity contribution in [2.75, 3.05) is 26.8 Å². The Morgan fingerprint density at radius 3 is 2.65 bits per heavy atom. The van der Waals surface area contributed by atoms with Crippen LogP contribution in [0, 0.1) is 5.82 Å². The number of nitrogens with two attached hydrogens (primary N) is 1. The molecule has 1 aliphatic rings. The summed E-state index contributed by atoms with van der Waals surface area (Å²) >= 11 is 0. The van der Waals surface area contributed by atoms with E-state index in [0.717, 1.165) is 16.5 Å². The molecule has 0 spiro atoms. The Kier molecular flexibility index (Phi) is 7.54. The van der Waals surface area contributed by atoms with Crippen LogP contribution in [0.25, 0.3) is 10.9 Å². The van der Waals surface area contributed by atoms with Crippen molar-refractivity contribution in [1.29, 1.82) is 0 Å². The van der Waals surface area contributed by atoms with Crippen LogP contribution in [-0.2, 0) is 17.8 Å². The lowest BCUT2D eigenvalue weighted by molar-refractivity contribution is 0.0713. The Morgan fingerprint density at radius 1 is 1.21 bits per heavy atom. The van der Waals surface area contributed by atoms with Crippen molar-refractivity contribution in [2.45, 2.75) is 51.8 Å². The van der Waals surface area contributed by atoms with Gasteiger partial charge in [0.25, 0.3) is 5.91 Å². The maximum Gasteiger partial charge on any atom is 0.256 e. The fraction of sp³-hybridized carbons (Fsp3) is 0.444. The quantitative estimate of drug-likeness (QED) is 0.522. The number of likely N-dealkylation sites (tertiary alicyclic amines) is 1. The summed E-state index contributed by atoms with van der Waals surface area (Å²) < 4.78 is 27.9. The average Bonchev–Trinajstić information content (AvgIpc) is 3.22. The van der Waals surface area contributed by atoms with Crippen LogP contribution in [0.4, 0.5) is 4.39 Å². The SMILES string of the molecule is COCCn1cc(C(=O)N2CCC(c3cc(CN)ccc3F)CC2)c2c(OC(C)C)cccc21. The van der Waals surface area contributed by atoms with E-state index in [0.29, 0.717) is 62.5 Å². The number of rotatable bonds is 8. The molecule has 0 radical (unpaired) electrons. The van der Waals surface area contributed by atoms with Gasteiger partial charge in [0, 0.05) is 39.5 Å². The van der Waals surface area contributed by atoms with Crippen molar-refractivity contribution in [1.82, 2.24) is 9.47 Å². The van der Waals surface area contributed by atoms with E-state index in [1.54, 1.807) is 13.2 Å². The molecular weight excluding hydrogens is 433 g/mol. The van der Waals surface area contributed by atoms with Crippen molar-refractivity contribution < 1.29 is 18.7 Å².